The molecule has 1 aromatic carbocycles. The molecule has 23 heavy (non-hydrogen) atoms. The first-order valence-corrected chi connectivity index (χ1v) is 8.22. The Kier molecular flexibility index (Phi) is 5.88. The number of benzene rings is 1. The van der Waals surface area contributed by atoms with E-state index in [0.29, 0.717) is 31.0 Å². The fourth-order valence-electron chi connectivity index (χ4n) is 3.08. The first-order chi connectivity index (χ1) is 10.9. The van der Waals surface area contributed by atoms with Gasteiger partial charge in [-0.05, 0) is 49.4 Å². The molecule has 2 N–H and O–H groups in total. The summed E-state index contributed by atoms with van der Waals surface area (Å²) in [6.07, 6.45) is 2.18. The van der Waals surface area contributed by atoms with Crippen LogP contribution in [0, 0.1) is 17.7 Å². The average Bonchev–Trinajstić information content (AvgIpc) is 2.53. The van der Waals surface area contributed by atoms with Crippen LogP contribution < -0.4 is 5.73 Å². The van der Waals surface area contributed by atoms with E-state index >= 15 is 0 Å². The molecule has 5 heteroatoms. The highest BCUT2D eigenvalue weighted by molar-refractivity contribution is 5.98. The SMILES string of the molecule is CC(C)C[C@H](N)C(=O)N1CCCC(C(=O)c2ccc(F)cc2)C1. The van der Waals surface area contributed by atoms with Crippen molar-refractivity contribution < 1.29 is 14.0 Å². The van der Waals surface area contributed by atoms with E-state index in [1.54, 1.807) is 4.90 Å². The smallest absolute Gasteiger partial charge is 0.239 e. The standard InChI is InChI=1S/C18H25FN2O2/c1-12(2)10-16(20)18(23)21-9-3-4-14(11-21)17(22)13-5-7-15(19)8-6-13/h5-8,12,14,16H,3-4,9-11,20H2,1-2H3/t14?,16-/m0/s1. The maximum Gasteiger partial charge on any atom is 0.239 e. The zero-order valence-electron chi connectivity index (χ0n) is 13.8. The van der Waals surface area contributed by atoms with Crippen LogP contribution in [0.5, 0.6) is 0 Å². The zero-order chi connectivity index (χ0) is 17.0. The van der Waals surface area contributed by atoms with Crippen molar-refractivity contribution in [1.29, 1.82) is 0 Å². The lowest BCUT2D eigenvalue weighted by Gasteiger charge is -2.34. The van der Waals surface area contributed by atoms with E-state index in [2.05, 4.69) is 0 Å². The largest absolute Gasteiger partial charge is 0.341 e. The Labute approximate surface area is 136 Å². The molecular formula is C18H25FN2O2. The molecule has 0 aliphatic carbocycles. The van der Waals surface area contributed by atoms with Gasteiger partial charge in [0, 0.05) is 24.6 Å². The Morgan fingerprint density at radius 3 is 2.57 bits per heavy atom. The summed E-state index contributed by atoms with van der Waals surface area (Å²) < 4.78 is 13.0. The maximum absolute atomic E-state index is 13.0. The van der Waals surface area contributed by atoms with E-state index in [0.717, 1.165) is 12.8 Å². The second kappa shape index (κ2) is 7.68. The quantitative estimate of drug-likeness (QED) is 0.848. The van der Waals surface area contributed by atoms with Gasteiger partial charge in [0.2, 0.25) is 5.91 Å². The second-order valence-corrected chi connectivity index (χ2v) is 6.73. The number of carbonyl (C=O) groups excluding carboxylic acids is 2. The van der Waals surface area contributed by atoms with Crippen molar-refractivity contribution in [3.63, 3.8) is 0 Å². The Bertz CT molecular complexity index is 557. The Morgan fingerprint density at radius 1 is 1.30 bits per heavy atom. The van der Waals surface area contributed by atoms with Gasteiger partial charge in [-0.15, -0.1) is 0 Å². The molecule has 0 aromatic heterocycles. The monoisotopic (exact) mass is 320 g/mol. The van der Waals surface area contributed by atoms with Crippen LogP contribution in [0.2, 0.25) is 0 Å². The Morgan fingerprint density at radius 2 is 1.96 bits per heavy atom. The topological polar surface area (TPSA) is 63.4 Å². The van der Waals surface area contributed by atoms with Crippen LogP contribution in [0.15, 0.2) is 24.3 Å². The van der Waals surface area contributed by atoms with Crippen LogP contribution in [0.4, 0.5) is 4.39 Å². The summed E-state index contributed by atoms with van der Waals surface area (Å²) in [7, 11) is 0. The molecule has 1 saturated heterocycles. The van der Waals surface area contributed by atoms with Crippen LogP contribution in [0.25, 0.3) is 0 Å². The van der Waals surface area contributed by atoms with E-state index in [-0.39, 0.29) is 23.4 Å². The van der Waals surface area contributed by atoms with E-state index in [4.69, 9.17) is 5.73 Å². The minimum Gasteiger partial charge on any atom is -0.341 e. The first-order valence-electron chi connectivity index (χ1n) is 8.22. The van der Waals surface area contributed by atoms with Crippen LogP contribution in [0.3, 0.4) is 0 Å². The molecule has 0 spiro atoms. The van der Waals surface area contributed by atoms with Gasteiger partial charge in [0.1, 0.15) is 5.82 Å². The lowest BCUT2D eigenvalue weighted by molar-refractivity contribution is -0.134. The van der Waals surface area contributed by atoms with Crippen molar-refractivity contribution in [2.45, 2.75) is 39.2 Å². The highest BCUT2D eigenvalue weighted by atomic mass is 19.1. The van der Waals surface area contributed by atoms with Gasteiger partial charge in [0.15, 0.2) is 5.78 Å². The third-order valence-corrected chi connectivity index (χ3v) is 4.28. The molecule has 1 aliphatic rings. The summed E-state index contributed by atoms with van der Waals surface area (Å²) in [6, 6.07) is 5.08. The molecule has 126 valence electrons. The third-order valence-electron chi connectivity index (χ3n) is 4.28. The molecule has 1 unspecified atom stereocenters. The number of carbonyl (C=O) groups is 2. The predicted octanol–water partition coefficient (Wildman–Crippen LogP) is 2.62. The molecule has 0 bridgehead atoms. The number of Topliss-reactive ketones (excluding diaryl/α,β-unsaturated/α-hetero) is 1. The number of hydrogen-bond acceptors (Lipinski definition) is 3. The molecule has 1 fully saturated rings. The number of hydrogen-bond donors (Lipinski definition) is 1. The van der Waals surface area contributed by atoms with Crippen LogP contribution in [0.1, 0.15) is 43.5 Å². The fraction of sp³-hybridized carbons (Fsp3) is 0.556. The van der Waals surface area contributed by atoms with Gasteiger partial charge in [0.05, 0.1) is 6.04 Å². The average molecular weight is 320 g/mol. The van der Waals surface area contributed by atoms with Crippen molar-refractivity contribution in [2.24, 2.45) is 17.6 Å². The van der Waals surface area contributed by atoms with Crippen molar-refractivity contribution in [2.75, 3.05) is 13.1 Å². The lowest BCUT2D eigenvalue weighted by atomic mass is 9.89. The normalized spacial score (nSPS) is 19.7. The predicted molar refractivity (Wildman–Crippen MR) is 87.5 cm³/mol. The summed E-state index contributed by atoms with van der Waals surface area (Å²) in [5.41, 5.74) is 6.48. The van der Waals surface area contributed by atoms with Gasteiger partial charge < -0.3 is 10.6 Å². The van der Waals surface area contributed by atoms with Crippen LogP contribution in [-0.4, -0.2) is 35.7 Å². The van der Waals surface area contributed by atoms with Gasteiger partial charge in [0.25, 0.3) is 0 Å². The minimum atomic E-state index is -0.505. The summed E-state index contributed by atoms with van der Waals surface area (Å²) in [5.74, 6) is -0.336. The van der Waals surface area contributed by atoms with Crippen LogP contribution in [-0.2, 0) is 4.79 Å². The number of nitrogens with two attached hydrogens (primary N) is 1. The molecule has 0 saturated carbocycles. The number of nitrogens with zero attached hydrogens (tertiary/aromatic N) is 1. The number of rotatable bonds is 5. The van der Waals surface area contributed by atoms with Crippen molar-refractivity contribution in [3.05, 3.63) is 35.6 Å². The number of halogens is 1. The highest BCUT2D eigenvalue weighted by Crippen LogP contribution is 2.22. The summed E-state index contributed by atoms with van der Waals surface area (Å²) in [5, 5.41) is 0. The zero-order valence-corrected chi connectivity index (χ0v) is 13.8. The Balaban J connectivity index is 2.01. The van der Waals surface area contributed by atoms with E-state index in [9.17, 15) is 14.0 Å². The van der Waals surface area contributed by atoms with Crippen molar-refractivity contribution in [1.82, 2.24) is 4.90 Å². The molecule has 1 aliphatic heterocycles. The fourth-order valence-corrected chi connectivity index (χ4v) is 3.08. The van der Waals surface area contributed by atoms with Gasteiger partial charge in [-0.25, -0.2) is 4.39 Å². The van der Waals surface area contributed by atoms with E-state index in [1.807, 2.05) is 13.8 Å². The molecule has 1 amide bonds. The minimum absolute atomic E-state index is 0.0278. The van der Waals surface area contributed by atoms with Crippen molar-refractivity contribution in [3.8, 4) is 0 Å². The molecule has 1 heterocycles. The molecule has 2 rings (SSSR count). The summed E-state index contributed by atoms with van der Waals surface area (Å²) in [6.45, 7) is 5.12. The van der Waals surface area contributed by atoms with E-state index < -0.39 is 6.04 Å². The number of ketones is 1. The molecule has 4 nitrogen and oxygen atoms in total. The maximum atomic E-state index is 13.0. The molecule has 0 radical (unpaired) electrons. The lowest BCUT2D eigenvalue weighted by Crippen LogP contribution is -2.49. The van der Waals surface area contributed by atoms with Crippen molar-refractivity contribution >= 4 is 11.7 Å². The number of piperidine rings is 1. The summed E-state index contributed by atoms with van der Waals surface area (Å²) in [4.78, 5) is 26.7. The number of likely N-dealkylation sites (tertiary alicyclic amines) is 1. The highest BCUT2D eigenvalue weighted by Gasteiger charge is 2.31. The second-order valence-electron chi connectivity index (χ2n) is 6.73. The molecule has 2 atom stereocenters. The van der Waals surface area contributed by atoms with Crippen LogP contribution >= 0.6 is 0 Å². The van der Waals surface area contributed by atoms with E-state index in [1.165, 1.54) is 24.3 Å². The van der Waals surface area contributed by atoms with Gasteiger partial charge >= 0.3 is 0 Å². The summed E-state index contributed by atoms with van der Waals surface area (Å²) >= 11 is 0. The van der Waals surface area contributed by atoms with Gasteiger partial charge in [-0.1, -0.05) is 13.8 Å². The molecular weight excluding hydrogens is 295 g/mol. The first kappa shape index (κ1) is 17.6. The third kappa shape index (κ3) is 4.61. The van der Waals surface area contributed by atoms with Gasteiger partial charge in [-0.2, -0.15) is 0 Å². The van der Waals surface area contributed by atoms with Gasteiger partial charge in [-0.3, -0.25) is 9.59 Å². The Hall–Kier alpha value is -1.75. The number of amides is 1. The molecule has 1 aromatic rings.